The highest BCUT2D eigenvalue weighted by Crippen LogP contribution is 2.24. The van der Waals surface area contributed by atoms with Gasteiger partial charge in [-0.1, -0.05) is 23.7 Å². The van der Waals surface area contributed by atoms with Gasteiger partial charge in [0.15, 0.2) is 0 Å². The Morgan fingerprint density at radius 1 is 1.33 bits per heavy atom. The van der Waals surface area contributed by atoms with Crippen LogP contribution in [0.5, 0.6) is 0 Å². The summed E-state index contributed by atoms with van der Waals surface area (Å²) < 4.78 is 0. The molecule has 1 amide bonds. The van der Waals surface area contributed by atoms with Crippen molar-refractivity contribution in [3.8, 4) is 0 Å². The van der Waals surface area contributed by atoms with Gasteiger partial charge in [0.25, 0.3) is 0 Å². The van der Waals surface area contributed by atoms with Crippen molar-refractivity contribution in [2.45, 2.75) is 32.9 Å². The third kappa shape index (κ3) is 4.99. The van der Waals surface area contributed by atoms with E-state index < -0.39 is 0 Å². The van der Waals surface area contributed by atoms with Gasteiger partial charge < -0.3 is 10.6 Å². The molecule has 0 radical (unpaired) electrons. The Morgan fingerprint density at radius 2 is 1.95 bits per heavy atom. The van der Waals surface area contributed by atoms with Crippen molar-refractivity contribution < 1.29 is 4.79 Å². The van der Waals surface area contributed by atoms with Crippen LogP contribution in [0.15, 0.2) is 24.3 Å². The maximum Gasteiger partial charge on any atom is 0.236 e. The lowest BCUT2D eigenvalue weighted by Crippen LogP contribution is -2.44. The maximum atomic E-state index is 12.3. The fourth-order valence-electron chi connectivity index (χ4n) is 2.64. The van der Waals surface area contributed by atoms with Gasteiger partial charge in [-0.3, -0.25) is 9.69 Å². The van der Waals surface area contributed by atoms with Gasteiger partial charge in [-0.05, 0) is 45.5 Å². The van der Waals surface area contributed by atoms with Crippen molar-refractivity contribution in [1.29, 1.82) is 0 Å². The van der Waals surface area contributed by atoms with Gasteiger partial charge >= 0.3 is 0 Å². The molecule has 0 spiro atoms. The molecule has 2 unspecified atom stereocenters. The van der Waals surface area contributed by atoms with E-state index in [0.717, 1.165) is 18.7 Å². The number of nitrogens with two attached hydrogens (primary N) is 1. The van der Waals surface area contributed by atoms with Crippen molar-refractivity contribution in [3.05, 3.63) is 34.9 Å². The molecule has 0 aromatic heterocycles. The van der Waals surface area contributed by atoms with Crippen molar-refractivity contribution in [1.82, 2.24) is 9.80 Å². The van der Waals surface area contributed by atoms with Gasteiger partial charge in [0.1, 0.15) is 0 Å². The summed E-state index contributed by atoms with van der Waals surface area (Å²) in [5, 5.41) is 0.682. The van der Waals surface area contributed by atoms with Crippen LogP contribution in [0.1, 0.15) is 32.4 Å². The van der Waals surface area contributed by atoms with E-state index in [4.69, 9.17) is 17.3 Å². The standard InChI is InChI=1S/C16H26ClN3O/c1-5-20(6-2)15(21)11-19(4)16(12(3)18)13-8-7-9-14(17)10-13/h7-10,12,16H,5-6,11,18H2,1-4H3. The summed E-state index contributed by atoms with van der Waals surface area (Å²) >= 11 is 6.06. The Balaban J connectivity index is 2.88. The molecular weight excluding hydrogens is 286 g/mol. The molecule has 1 aromatic carbocycles. The monoisotopic (exact) mass is 311 g/mol. The largest absolute Gasteiger partial charge is 0.342 e. The van der Waals surface area contributed by atoms with Crippen LogP contribution in [0, 0.1) is 0 Å². The van der Waals surface area contributed by atoms with Crippen LogP contribution < -0.4 is 5.73 Å². The van der Waals surface area contributed by atoms with E-state index in [1.165, 1.54) is 0 Å². The molecule has 0 bridgehead atoms. The lowest BCUT2D eigenvalue weighted by molar-refractivity contribution is -0.132. The van der Waals surface area contributed by atoms with Gasteiger partial charge in [0.2, 0.25) is 5.91 Å². The van der Waals surface area contributed by atoms with Crippen LogP contribution in [0.2, 0.25) is 5.02 Å². The molecule has 0 aliphatic rings. The quantitative estimate of drug-likeness (QED) is 0.842. The lowest BCUT2D eigenvalue weighted by atomic mass is 9.99. The molecule has 5 heteroatoms. The second-order valence-corrected chi connectivity index (χ2v) is 5.78. The molecule has 2 atom stereocenters. The summed E-state index contributed by atoms with van der Waals surface area (Å²) in [7, 11) is 1.93. The minimum Gasteiger partial charge on any atom is -0.342 e. The Bertz CT molecular complexity index is 461. The van der Waals surface area contributed by atoms with E-state index in [1.807, 2.05) is 61.9 Å². The van der Waals surface area contributed by atoms with Gasteiger partial charge in [-0.15, -0.1) is 0 Å². The number of likely N-dealkylation sites (N-methyl/N-ethyl adjacent to an activating group) is 2. The lowest BCUT2D eigenvalue weighted by Gasteiger charge is -2.32. The zero-order valence-electron chi connectivity index (χ0n) is 13.3. The van der Waals surface area contributed by atoms with Gasteiger partial charge in [-0.25, -0.2) is 0 Å². The van der Waals surface area contributed by atoms with E-state index >= 15 is 0 Å². The van der Waals surface area contributed by atoms with Gasteiger partial charge in [0, 0.05) is 30.2 Å². The topological polar surface area (TPSA) is 49.6 Å². The number of halogens is 1. The predicted octanol–water partition coefficient (Wildman–Crippen LogP) is 2.53. The molecule has 21 heavy (non-hydrogen) atoms. The molecule has 0 aliphatic carbocycles. The second-order valence-electron chi connectivity index (χ2n) is 5.34. The maximum absolute atomic E-state index is 12.3. The van der Waals surface area contributed by atoms with Crippen LogP contribution in [0.4, 0.5) is 0 Å². The van der Waals surface area contributed by atoms with Crippen LogP contribution >= 0.6 is 11.6 Å². The highest BCUT2D eigenvalue weighted by atomic mass is 35.5. The van der Waals surface area contributed by atoms with E-state index in [1.54, 1.807) is 0 Å². The molecule has 0 heterocycles. The number of hydrogen-bond donors (Lipinski definition) is 1. The van der Waals surface area contributed by atoms with Crippen LogP contribution in [0.3, 0.4) is 0 Å². The molecule has 118 valence electrons. The smallest absolute Gasteiger partial charge is 0.236 e. The highest BCUT2D eigenvalue weighted by molar-refractivity contribution is 6.30. The number of nitrogens with zero attached hydrogens (tertiary/aromatic N) is 2. The molecule has 1 rings (SSSR count). The van der Waals surface area contributed by atoms with E-state index in [2.05, 4.69) is 0 Å². The SMILES string of the molecule is CCN(CC)C(=O)CN(C)C(c1cccc(Cl)c1)C(C)N. The van der Waals surface area contributed by atoms with Crippen LogP contribution in [-0.4, -0.2) is 48.4 Å². The number of rotatable bonds is 7. The first-order valence-electron chi connectivity index (χ1n) is 7.39. The Hall–Kier alpha value is -1.10. The van der Waals surface area contributed by atoms with Crippen molar-refractivity contribution in [2.24, 2.45) is 5.73 Å². The summed E-state index contributed by atoms with van der Waals surface area (Å²) in [4.78, 5) is 16.1. The molecule has 2 N–H and O–H groups in total. The second kappa shape index (κ2) is 8.37. The third-order valence-corrected chi connectivity index (χ3v) is 3.90. The first kappa shape index (κ1) is 18.0. The number of carbonyl (C=O) groups excluding carboxylic acids is 1. The van der Waals surface area contributed by atoms with Crippen molar-refractivity contribution in [2.75, 3.05) is 26.7 Å². The zero-order valence-corrected chi connectivity index (χ0v) is 14.1. The fraction of sp³-hybridized carbons (Fsp3) is 0.562. The van der Waals surface area contributed by atoms with Crippen LogP contribution in [-0.2, 0) is 4.79 Å². The summed E-state index contributed by atoms with van der Waals surface area (Å²) in [6, 6.07) is 7.52. The molecule has 0 fully saturated rings. The Labute approximate surface area is 132 Å². The third-order valence-electron chi connectivity index (χ3n) is 3.66. The van der Waals surface area contributed by atoms with Crippen LogP contribution in [0.25, 0.3) is 0 Å². The molecule has 1 aromatic rings. The van der Waals surface area contributed by atoms with Crippen molar-refractivity contribution in [3.63, 3.8) is 0 Å². The molecule has 4 nitrogen and oxygen atoms in total. The first-order valence-corrected chi connectivity index (χ1v) is 7.77. The van der Waals surface area contributed by atoms with Crippen molar-refractivity contribution >= 4 is 17.5 Å². The molecule has 0 aliphatic heterocycles. The summed E-state index contributed by atoms with van der Waals surface area (Å²) in [6.45, 7) is 7.72. The fourth-order valence-corrected chi connectivity index (χ4v) is 2.84. The Kier molecular flexibility index (Phi) is 7.15. The minimum atomic E-state index is -0.0991. The zero-order chi connectivity index (χ0) is 16.0. The normalized spacial score (nSPS) is 14.0. The average Bonchev–Trinajstić information content (AvgIpc) is 2.39. The summed E-state index contributed by atoms with van der Waals surface area (Å²) in [5.41, 5.74) is 7.16. The number of amides is 1. The highest BCUT2D eigenvalue weighted by Gasteiger charge is 2.24. The van der Waals surface area contributed by atoms with Gasteiger partial charge in [0.05, 0.1) is 6.54 Å². The van der Waals surface area contributed by atoms with Gasteiger partial charge in [-0.2, -0.15) is 0 Å². The minimum absolute atomic E-state index is 0.0387. The van der Waals surface area contributed by atoms with E-state index in [9.17, 15) is 4.79 Å². The average molecular weight is 312 g/mol. The van der Waals surface area contributed by atoms with E-state index in [-0.39, 0.29) is 18.0 Å². The Morgan fingerprint density at radius 3 is 2.43 bits per heavy atom. The summed E-state index contributed by atoms with van der Waals surface area (Å²) in [5.74, 6) is 0.121. The number of hydrogen-bond acceptors (Lipinski definition) is 3. The predicted molar refractivity (Wildman–Crippen MR) is 88.4 cm³/mol. The van der Waals surface area contributed by atoms with E-state index in [0.29, 0.717) is 11.6 Å². The summed E-state index contributed by atoms with van der Waals surface area (Å²) in [6.07, 6.45) is 0. The molecule has 0 saturated heterocycles. The molecule has 0 saturated carbocycles. The first-order chi connectivity index (χ1) is 9.90. The number of benzene rings is 1. The molecular formula is C16H26ClN3O. The number of carbonyl (C=O) groups is 1.